The van der Waals surface area contributed by atoms with E-state index in [1.54, 1.807) is 0 Å². The molecule has 0 heterocycles. The summed E-state index contributed by atoms with van der Waals surface area (Å²) in [4.78, 5) is 4.50. The van der Waals surface area contributed by atoms with E-state index < -0.39 is 0 Å². The number of ether oxygens (including phenoxy) is 2. The molecule has 0 unspecified atom stereocenters. The fourth-order valence-electron chi connectivity index (χ4n) is 2.44. The lowest BCUT2D eigenvalue weighted by Crippen LogP contribution is -2.38. The summed E-state index contributed by atoms with van der Waals surface area (Å²) in [6, 6.07) is 0. The van der Waals surface area contributed by atoms with Crippen molar-refractivity contribution in [1.29, 1.82) is 0 Å². The molecule has 6 heteroatoms. The molecule has 0 saturated heterocycles. The Hall–Kier alpha value is -0.0800. The molecular weight excluding hydrogens is 381 g/mol. The van der Waals surface area contributed by atoms with E-state index in [0.717, 1.165) is 52.4 Å². The zero-order valence-electron chi connectivity index (χ0n) is 13.5. The third kappa shape index (κ3) is 8.83. The van der Waals surface area contributed by atoms with Gasteiger partial charge in [-0.15, -0.1) is 24.0 Å². The van der Waals surface area contributed by atoms with Crippen LogP contribution in [0.15, 0.2) is 4.99 Å². The average Bonchev–Trinajstić information content (AvgIpc) is 2.40. The molecule has 3 N–H and O–H groups in total. The summed E-state index contributed by atoms with van der Waals surface area (Å²) in [5.74, 6) is 0.559. The Bertz CT molecular complexity index is 284. The number of rotatable bonds is 11. The van der Waals surface area contributed by atoms with Gasteiger partial charge >= 0.3 is 0 Å². The smallest absolute Gasteiger partial charge is 0.188 e. The van der Waals surface area contributed by atoms with Crippen LogP contribution in [-0.2, 0) is 9.47 Å². The number of aliphatic imine (C=N–C) groups is 1. The predicted molar refractivity (Wildman–Crippen MR) is 98.4 cm³/mol. The van der Waals surface area contributed by atoms with Gasteiger partial charge in [0.1, 0.15) is 0 Å². The Kier molecular flexibility index (Phi) is 12.4. The molecule has 0 bridgehead atoms. The van der Waals surface area contributed by atoms with E-state index in [1.165, 1.54) is 19.3 Å². The van der Waals surface area contributed by atoms with Crippen molar-refractivity contribution >= 4 is 29.9 Å². The SMILES string of the molecule is CCOCCCNC(N)=NCC1(CCOCC)CCC1.I. The molecule has 5 nitrogen and oxygen atoms in total. The normalized spacial score (nSPS) is 17.0. The van der Waals surface area contributed by atoms with Gasteiger partial charge in [-0.3, -0.25) is 4.99 Å². The highest BCUT2D eigenvalue weighted by Gasteiger charge is 2.36. The Labute approximate surface area is 146 Å². The maximum absolute atomic E-state index is 5.90. The highest BCUT2D eigenvalue weighted by molar-refractivity contribution is 14.0. The van der Waals surface area contributed by atoms with Gasteiger partial charge in [0.15, 0.2) is 5.96 Å². The lowest BCUT2D eigenvalue weighted by molar-refractivity contribution is 0.0609. The van der Waals surface area contributed by atoms with E-state index in [0.29, 0.717) is 11.4 Å². The second-order valence-corrected chi connectivity index (χ2v) is 5.48. The first-order valence-electron chi connectivity index (χ1n) is 7.92. The monoisotopic (exact) mass is 413 g/mol. The summed E-state index contributed by atoms with van der Waals surface area (Å²) in [6.45, 7) is 8.86. The summed E-state index contributed by atoms with van der Waals surface area (Å²) in [5, 5.41) is 3.15. The maximum Gasteiger partial charge on any atom is 0.188 e. The molecule has 0 aliphatic heterocycles. The zero-order chi connectivity index (χ0) is 14.7. The Morgan fingerprint density at radius 2 is 1.86 bits per heavy atom. The van der Waals surface area contributed by atoms with E-state index >= 15 is 0 Å². The summed E-state index contributed by atoms with van der Waals surface area (Å²) in [7, 11) is 0. The largest absolute Gasteiger partial charge is 0.382 e. The predicted octanol–water partition coefficient (Wildman–Crippen LogP) is 2.53. The van der Waals surface area contributed by atoms with Crippen LogP contribution < -0.4 is 11.1 Å². The van der Waals surface area contributed by atoms with Gasteiger partial charge in [0.2, 0.25) is 0 Å². The standard InChI is InChI=1S/C15H31N3O2.HI/c1-3-19-11-6-10-17-14(16)18-13-15(7-5-8-15)9-12-20-4-2;/h3-13H2,1-2H3,(H3,16,17,18);1H. The van der Waals surface area contributed by atoms with Gasteiger partial charge in [-0.1, -0.05) is 6.42 Å². The van der Waals surface area contributed by atoms with Crippen LogP contribution in [0, 0.1) is 5.41 Å². The molecule has 0 aromatic carbocycles. The summed E-state index contributed by atoms with van der Waals surface area (Å²) >= 11 is 0. The first kappa shape index (κ1) is 20.9. The van der Waals surface area contributed by atoms with Crippen molar-refractivity contribution in [3.63, 3.8) is 0 Å². The van der Waals surface area contributed by atoms with Crippen LogP contribution in [0.1, 0.15) is 46.0 Å². The van der Waals surface area contributed by atoms with E-state index in [2.05, 4.69) is 10.3 Å². The Morgan fingerprint density at radius 1 is 1.19 bits per heavy atom. The van der Waals surface area contributed by atoms with Gasteiger partial charge in [-0.25, -0.2) is 0 Å². The topological polar surface area (TPSA) is 68.9 Å². The van der Waals surface area contributed by atoms with Gasteiger partial charge in [0, 0.05) is 39.5 Å². The van der Waals surface area contributed by atoms with Gasteiger partial charge < -0.3 is 20.5 Å². The molecule has 0 aromatic heterocycles. The molecule has 0 spiro atoms. The summed E-state index contributed by atoms with van der Waals surface area (Å²) in [6.07, 6.45) is 5.87. The third-order valence-electron chi connectivity index (χ3n) is 3.96. The van der Waals surface area contributed by atoms with Crippen LogP contribution in [0.4, 0.5) is 0 Å². The number of hydrogen-bond acceptors (Lipinski definition) is 3. The quantitative estimate of drug-likeness (QED) is 0.236. The van der Waals surface area contributed by atoms with Gasteiger partial charge in [0.25, 0.3) is 0 Å². The fraction of sp³-hybridized carbons (Fsp3) is 0.933. The maximum atomic E-state index is 5.90. The second kappa shape index (κ2) is 12.5. The molecule has 1 fully saturated rings. The molecule has 0 aromatic rings. The first-order valence-corrected chi connectivity index (χ1v) is 7.92. The van der Waals surface area contributed by atoms with Crippen molar-refractivity contribution in [2.24, 2.45) is 16.1 Å². The van der Waals surface area contributed by atoms with Gasteiger partial charge in [-0.05, 0) is 44.9 Å². The van der Waals surface area contributed by atoms with Gasteiger partial charge in [0.05, 0.1) is 0 Å². The second-order valence-electron chi connectivity index (χ2n) is 5.48. The minimum Gasteiger partial charge on any atom is -0.382 e. The lowest BCUT2D eigenvalue weighted by atomic mass is 9.67. The van der Waals surface area contributed by atoms with Crippen LogP contribution in [0.25, 0.3) is 0 Å². The number of nitrogens with two attached hydrogens (primary N) is 1. The first-order chi connectivity index (χ1) is 9.72. The number of nitrogens with one attached hydrogen (secondary N) is 1. The Morgan fingerprint density at radius 3 is 2.43 bits per heavy atom. The van der Waals surface area contributed by atoms with Crippen LogP contribution in [-0.4, -0.2) is 45.5 Å². The number of halogens is 1. The van der Waals surface area contributed by atoms with Crippen molar-refractivity contribution in [2.45, 2.75) is 46.0 Å². The lowest BCUT2D eigenvalue weighted by Gasteiger charge is -2.40. The van der Waals surface area contributed by atoms with E-state index in [1.807, 2.05) is 13.8 Å². The molecule has 1 rings (SSSR count). The number of hydrogen-bond donors (Lipinski definition) is 2. The molecule has 1 saturated carbocycles. The molecule has 0 radical (unpaired) electrons. The van der Waals surface area contributed by atoms with Crippen LogP contribution in [0.2, 0.25) is 0 Å². The number of guanidine groups is 1. The van der Waals surface area contributed by atoms with Crippen LogP contribution in [0.5, 0.6) is 0 Å². The molecule has 0 atom stereocenters. The van der Waals surface area contributed by atoms with Crippen LogP contribution in [0.3, 0.4) is 0 Å². The van der Waals surface area contributed by atoms with Gasteiger partial charge in [-0.2, -0.15) is 0 Å². The molecule has 1 aliphatic carbocycles. The molecule has 126 valence electrons. The fourth-order valence-corrected chi connectivity index (χ4v) is 2.44. The van der Waals surface area contributed by atoms with Crippen molar-refractivity contribution in [1.82, 2.24) is 5.32 Å². The Balaban J connectivity index is 0.00000400. The van der Waals surface area contributed by atoms with Crippen LogP contribution >= 0.6 is 24.0 Å². The number of nitrogens with zero attached hydrogens (tertiary/aromatic N) is 1. The molecule has 1 aliphatic rings. The van der Waals surface area contributed by atoms with Crippen molar-refractivity contribution < 1.29 is 9.47 Å². The molecular formula is C15H32IN3O2. The zero-order valence-corrected chi connectivity index (χ0v) is 15.9. The van der Waals surface area contributed by atoms with Crippen molar-refractivity contribution in [3.05, 3.63) is 0 Å². The minimum absolute atomic E-state index is 0. The van der Waals surface area contributed by atoms with E-state index in [-0.39, 0.29) is 24.0 Å². The molecule has 21 heavy (non-hydrogen) atoms. The highest BCUT2D eigenvalue weighted by Crippen LogP contribution is 2.44. The highest BCUT2D eigenvalue weighted by atomic mass is 127. The van der Waals surface area contributed by atoms with Crippen molar-refractivity contribution in [2.75, 3.05) is 39.5 Å². The summed E-state index contributed by atoms with van der Waals surface area (Å²) < 4.78 is 10.7. The van der Waals surface area contributed by atoms with E-state index in [4.69, 9.17) is 15.2 Å². The third-order valence-corrected chi connectivity index (χ3v) is 3.96. The van der Waals surface area contributed by atoms with E-state index in [9.17, 15) is 0 Å². The summed E-state index contributed by atoms with van der Waals surface area (Å²) in [5.41, 5.74) is 6.24. The average molecular weight is 413 g/mol. The molecule has 0 amide bonds. The van der Waals surface area contributed by atoms with Crippen molar-refractivity contribution in [3.8, 4) is 0 Å². The minimum atomic E-state index is 0.